The SMILES string of the molecule is Cl.Clc1ccc(COC2CCN(CC3CCCNC3)CC2)cc1Cl. The predicted octanol–water partition coefficient (Wildman–Crippen LogP) is 4.40. The first-order valence-electron chi connectivity index (χ1n) is 8.69. The zero-order chi connectivity index (χ0) is 16.1. The number of halogens is 3. The monoisotopic (exact) mass is 392 g/mol. The van der Waals surface area contributed by atoms with Crippen molar-refractivity contribution in [2.24, 2.45) is 5.92 Å². The summed E-state index contributed by atoms with van der Waals surface area (Å²) in [5.41, 5.74) is 1.09. The molecule has 1 aromatic rings. The first-order valence-corrected chi connectivity index (χ1v) is 9.45. The van der Waals surface area contributed by atoms with Gasteiger partial charge in [0.1, 0.15) is 0 Å². The van der Waals surface area contributed by atoms with Crippen molar-refractivity contribution >= 4 is 35.6 Å². The maximum Gasteiger partial charge on any atom is 0.0721 e. The molecule has 3 rings (SSSR count). The maximum atomic E-state index is 6.06. The van der Waals surface area contributed by atoms with E-state index < -0.39 is 0 Å². The van der Waals surface area contributed by atoms with Crippen LogP contribution in [0.25, 0.3) is 0 Å². The molecule has 6 heteroatoms. The van der Waals surface area contributed by atoms with Crippen molar-refractivity contribution in [1.29, 1.82) is 0 Å². The van der Waals surface area contributed by atoms with Gasteiger partial charge >= 0.3 is 0 Å². The highest BCUT2D eigenvalue weighted by molar-refractivity contribution is 6.42. The second kappa shape index (κ2) is 10.2. The van der Waals surface area contributed by atoms with Crippen LogP contribution < -0.4 is 5.32 Å². The Balaban J connectivity index is 0.00000208. The Morgan fingerprint density at radius 3 is 2.58 bits per heavy atom. The number of likely N-dealkylation sites (tertiary alicyclic amines) is 1. The number of hydrogen-bond acceptors (Lipinski definition) is 3. The number of hydrogen-bond donors (Lipinski definition) is 1. The molecule has 0 amide bonds. The van der Waals surface area contributed by atoms with Crippen molar-refractivity contribution < 1.29 is 4.74 Å². The summed E-state index contributed by atoms with van der Waals surface area (Å²) < 4.78 is 6.06. The minimum Gasteiger partial charge on any atom is -0.373 e. The Morgan fingerprint density at radius 2 is 1.92 bits per heavy atom. The topological polar surface area (TPSA) is 24.5 Å². The van der Waals surface area contributed by atoms with E-state index in [9.17, 15) is 0 Å². The molecular weight excluding hydrogens is 367 g/mol. The van der Waals surface area contributed by atoms with Crippen molar-refractivity contribution in [3.05, 3.63) is 33.8 Å². The van der Waals surface area contributed by atoms with Crippen LogP contribution in [0, 0.1) is 5.92 Å². The van der Waals surface area contributed by atoms with E-state index in [0.29, 0.717) is 22.8 Å². The Bertz CT molecular complexity index is 501. The van der Waals surface area contributed by atoms with Gasteiger partial charge in [0.15, 0.2) is 0 Å². The average Bonchev–Trinajstić information content (AvgIpc) is 2.58. The second-order valence-electron chi connectivity index (χ2n) is 6.77. The molecule has 1 N–H and O–H groups in total. The number of nitrogens with zero attached hydrogens (tertiary/aromatic N) is 1. The van der Waals surface area contributed by atoms with E-state index >= 15 is 0 Å². The number of nitrogens with one attached hydrogen (secondary N) is 1. The molecule has 2 saturated heterocycles. The maximum absolute atomic E-state index is 6.06. The molecule has 2 aliphatic heterocycles. The van der Waals surface area contributed by atoms with Crippen LogP contribution in [-0.2, 0) is 11.3 Å². The normalized spacial score (nSPS) is 23.0. The Labute approximate surface area is 161 Å². The molecule has 0 radical (unpaired) electrons. The lowest BCUT2D eigenvalue weighted by atomic mass is 9.97. The zero-order valence-corrected chi connectivity index (χ0v) is 16.3. The Morgan fingerprint density at radius 1 is 1.12 bits per heavy atom. The summed E-state index contributed by atoms with van der Waals surface area (Å²) in [6.45, 7) is 6.56. The van der Waals surface area contributed by atoms with Crippen LogP contribution in [0.3, 0.4) is 0 Å². The molecule has 0 aliphatic carbocycles. The first kappa shape index (κ1) is 20.3. The summed E-state index contributed by atoms with van der Waals surface area (Å²) in [7, 11) is 0. The molecule has 0 saturated carbocycles. The molecule has 2 fully saturated rings. The third-order valence-corrected chi connectivity index (χ3v) is 5.66. The van der Waals surface area contributed by atoms with Crippen molar-refractivity contribution in [3.8, 4) is 0 Å². The summed E-state index contributed by atoms with van der Waals surface area (Å²) in [5, 5.41) is 4.71. The van der Waals surface area contributed by atoms with E-state index in [-0.39, 0.29) is 12.4 Å². The minimum atomic E-state index is 0. The highest BCUT2D eigenvalue weighted by atomic mass is 35.5. The Kier molecular flexibility index (Phi) is 8.62. The lowest BCUT2D eigenvalue weighted by molar-refractivity contribution is -0.00560. The number of rotatable bonds is 5. The van der Waals surface area contributed by atoms with E-state index in [4.69, 9.17) is 27.9 Å². The van der Waals surface area contributed by atoms with Gasteiger partial charge in [0.25, 0.3) is 0 Å². The summed E-state index contributed by atoms with van der Waals surface area (Å²) in [6.07, 6.45) is 5.32. The predicted molar refractivity (Wildman–Crippen MR) is 104 cm³/mol. The van der Waals surface area contributed by atoms with E-state index in [0.717, 1.165) is 37.4 Å². The molecule has 3 nitrogen and oxygen atoms in total. The molecule has 136 valence electrons. The van der Waals surface area contributed by atoms with Gasteiger partial charge in [0.05, 0.1) is 22.8 Å². The van der Waals surface area contributed by atoms with Crippen LogP contribution in [0.2, 0.25) is 10.0 Å². The van der Waals surface area contributed by atoms with Gasteiger partial charge in [-0.2, -0.15) is 0 Å². The highest BCUT2D eigenvalue weighted by Crippen LogP contribution is 2.24. The van der Waals surface area contributed by atoms with Gasteiger partial charge in [0, 0.05) is 19.6 Å². The molecular formula is C18H27Cl3N2O. The second-order valence-corrected chi connectivity index (χ2v) is 7.59. The van der Waals surface area contributed by atoms with Crippen molar-refractivity contribution in [2.45, 2.75) is 38.4 Å². The quantitative estimate of drug-likeness (QED) is 0.802. The van der Waals surface area contributed by atoms with Gasteiger partial charge < -0.3 is 15.0 Å². The Hall–Kier alpha value is -0.0300. The lowest BCUT2D eigenvalue weighted by Crippen LogP contribution is -2.43. The minimum absolute atomic E-state index is 0. The average molecular weight is 394 g/mol. The molecule has 0 aromatic heterocycles. The van der Waals surface area contributed by atoms with Crippen molar-refractivity contribution in [1.82, 2.24) is 10.2 Å². The molecule has 1 aromatic carbocycles. The van der Waals surface area contributed by atoms with Crippen molar-refractivity contribution in [3.63, 3.8) is 0 Å². The molecule has 0 bridgehead atoms. The van der Waals surface area contributed by atoms with Crippen LogP contribution in [0.15, 0.2) is 18.2 Å². The summed E-state index contributed by atoms with van der Waals surface area (Å²) in [4.78, 5) is 2.61. The van der Waals surface area contributed by atoms with E-state index in [1.807, 2.05) is 18.2 Å². The van der Waals surface area contributed by atoms with Gasteiger partial charge in [-0.1, -0.05) is 29.3 Å². The number of benzene rings is 1. The fourth-order valence-corrected chi connectivity index (χ4v) is 3.87. The number of ether oxygens (including phenoxy) is 1. The lowest BCUT2D eigenvalue weighted by Gasteiger charge is -2.35. The van der Waals surface area contributed by atoms with Crippen LogP contribution in [0.4, 0.5) is 0 Å². The molecule has 1 atom stereocenters. The van der Waals surface area contributed by atoms with Crippen LogP contribution in [-0.4, -0.2) is 43.7 Å². The summed E-state index contributed by atoms with van der Waals surface area (Å²) in [5.74, 6) is 0.831. The third-order valence-electron chi connectivity index (χ3n) is 4.92. The van der Waals surface area contributed by atoms with Crippen LogP contribution >= 0.6 is 35.6 Å². The molecule has 1 unspecified atom stereocenters. The first-order chi connectivity index (χ1) is 11.2. The van der Waals surface area contributed by atoms with Crippen LogP contribution in [0.1, 0.15) is 31.2 Å². The fraction of sp³-hybridized carbons (Fsp3) is 0.667. The summed E-state index contributed by atoms with van der Waals surface area (Å²) >= 11 is 12.0. The van der Waals surface area contributed by atoms with Crippen molar-refractivity contribution in [2.75, 3.05) is 32.7 Å². The van der Waals surface area contributed by atoms with E-state index in [2.05, 4.69) is 10.2 Å². The van der Waals surface area contributed by atoms with Gasteiger partial charge in [-0.05, 0) is 62.4 Å². The molecule has 24 heavy (non-hydrogen) atoms. The van der Waals surface area contributed by atoms with Crippen LogP contribution in [0.5, 0.6) is 0 Å². The molecule has 2 aliphatic rings. The van der Waals surface area contributed by atoms with Gasteiger partial charge in [-0.15, -0.1) is 12.4 Å². The largest absolute Gasteiger partial charge is 0.373 e. The van der Waals surface area contributed by atoms with Gasteiger partial charge in [-0.25, -0.2) is 0 Å². The van der Waals surface area contributed by atoms with Gasteiger partial charge in [0.2, 0.25) is 0 Å². The molecule has 0 spiro atoms. The summed E-state index contributed by atoms with van der Waals surface area (Å²) in [6, 6.07) is 5.72. The standard InChI is InChI=1S/C18H26Cl2N2O.ClH/c19-17-4-3-14(10-18(17)20)13-23-16-5-8-22(9-6-16)12-15-2-1-7-21-11-15;/h3-4,10,15-16,21H,1-2,5-9,11-13H2;1H. The molecule has 2 heterocycles. The fourth-order valence-electron chi connectivity index (χ4n) is 3.55. The van der Waals surface area contributed by atoms with E-state index in [1.54, 1.807) is 0 Å². The highest BCUT2D eigenvalue weighted by Gasteiger charge is 2.23. The number of piperidine rings is 2. The third kappa shape index (κ3) is 6.05. The zero-order valence-electron chi connectivity index (χ0n) is 14.0. The smallest absolute Gasteiger partial charge is 0.0721 e. The van der Waals surface area contributed by atoms with Gasteiger partial charge in [-0.3, -0.25) is 0 Å². The van der Waals surface area contributed by atoms with E-state index in [1.165, 1.54) is 32.5 Å².